The molecule has 7 heteroatoms. The fourth-order valence-corrected chi connectivity index (χ4v) is 3.91. The number of rotatable bonds is 6. The molecule has 0 aliphatic heterocycles. The lowest BCUT2D eigenvalue weighted by atomic mass is 10.1. The molecule has 1 heterocycles. The van der Waals surface area contributed by atoms with E-state index in [1.54, 1.807) is 38.1 Å². The molecule has 0 spiro atoms. The fourth-order valence-electron chi connectivity index (χ4n) is 2.43. The van der Waals surface area contributed by atoms with Gasteiger partial charge < -0.3 is 4.57 Å². The topological polar surface area (TPSA) is 83.2 Å². The molecule has 126 valence electrons. The van der Waals surface area contributed by atoms with Crippen LogP contribution in [-0.4, -0.2) is 30.4 Å². The van der Waals surface area contributed by atoms with Crippen LogP contribution in [0.3, 0.4) is 0 Å². The summed E-state index contributed by atoms with van der Waals surface area (Å²) >= 11 is 0. The molecule has 0 aliphatic carbocycles. The molecular formula is C17H19N3O3S. The lowest BCUT2D eigenvalue weighted by Gasteiger charge is -2.19. The predicted molar refractivity (Wildman–Crippen MR) is 91.1 cm³/mol. The molecule has 0 atom stereocenters. The van der Waals surface area contributed by atoms with Crippen molar-refractivity contribution >= 4 is 10.0 Å². The van der Waals surface area contributed by atoms with Gasteiger partial charge >= 0.3 is 0 Å². The molecule has 0 bridgehead atoms. The Hall–Kier alpha value is -2.43. The van der Waals surface area contributed by atoms with Crippen LogP contribution in [0.4, 0.5) is 0 Å². The van der Waals surface area contributed by atoms with Gasteiger partial charge in [0, 0.05) is 25.4 Å². The molecule has 0 aliphatic rings. The third-order valence-electron chi connectivity index (χ3n) is 3.71. The standard InChI is InChI=1S/C17H19N3O3S/c1-3-20(4-2)24(22,23)16-8-9-17(21)19(13-16)12-15-7-5-6-14(10-15)11-18/h5-10,13H,3-4,12H2,1-2H3. The Morgan fingerprint density at radius 3 is 2.50 bits per heavy atom. The van der Waals surface area contributed by atoms with Gasteiger partial charge in [-0.1, -0.05) is 26.0 Å². The average molecular weight is 345 g/mol. The number of nitriles is 1. The predicted octanol–water partition coefficient (Wildman–Crippen LogP) is 1.80. The van der Waals surface area contributed by atoms with Gasteiger partial charge in [0.05, 0.1) is 23.1 Å². The number of sulfonamides is 1. The van der Waals surface area contributed by atoms with Gasteiger partial charge in [0.2, 0.25) is 10.0 Å². The molecule has 2 aromatic rings. The first-order chi connectivity index (χ1) is 11.4. The van der Waals surface area contributed by atoms with E-state index >= 15 is 0 Å². The molecule has 24 heavy (non-hydrogen) atoms. The minimum absolute atomic E-state index is 0.0854. The summed E-state index contributed by atoms with van der Waals surface area (Å²) < 4.78 is 27.8. The largest absolute Gasteiger partial charge is 0.310 e. The van der Waals surface area contributed by atoms with E-state index < -0.39 is 10.0 Å². The molecule has 0 saturated heterocycles. The Kier molecular flexibility index (Phi) is 5.54. The van der Waals surface area contributed by atoms with Crippen molar-refractivity contribution in [1.82, 2.24) is 8.87 Å². The number of hydrogen-bond donors (Lipinski definition) is 0. The first-order valence-corrected chi connectivity index (χ1v) is 9.06. The number of benzene rings is 1. The van der Waals surface area contributed by atoms with Crippen molar-refractivity contribution in [2.75, 3.05) is 13.1 Å². The monoisotopic (exact) mass is 345 g/mol. The van der Waals surface area contributed by atoms with Gasteiger partial charge in [0.25, 0.3) is 5.56 Å². The Morgan fingerprint density at radius 2 is 1.88 bits per heavy atom. The number of pyridine rings is 1. The number of aromatic nitrogens is 1. The molecule has 0 saturated carbocycles. The van der Waals surface area contributed by atoms with Crippen LogP contribution in [0, 0.1) is 11.3 Å². The van der Waals surface area contributed by atoms with E-state index in [-0.39, 0.29) is 17.0 Å². The van der Waals surface area contributed by atoms with Gasteiger partial charge in [-0.2, -0.15) is 9.57 Å². The molecule has 1 aromatic carbocycles. The first kappa shape index (κ1) is 17.9. The SMILES string of the molecule is CCN(CC)S(=O)(=O)c1ccc(=O)n(Cc2cccc(C#N)c2)c1. The minimum atomic E-state index is -3.62. The summed E-state index contributed by atoms with van der Waals surface area (Å²) in [6.07, 6.45) is 1.36. The van der Waals surface area contributed by atoms with Crippen LogP contribution in [0.15, 0.2) is 52.3 Å². The molecule has 6 nitrogen and oxygen atoms in total. The molecule has 0 amide bonds. The second kappa shape index (κ2) is 7.43. The Labute approximate surface area is 141 Å². The Morgan fingerprint density at radius 1 is 1.17 bits per heavy atom. The molecule has 1 aromatic heterocycles. The molecule has 0 fully saturated rings. The highest BCUT2D eigenvalue weighted by molar-refractivity contribution is 7.89. The summed E-state index contributed by atoms with van der Waals surface area (Å²) in [4.78, 5) is 12.1. The van der Waals surface area contributed by atoms with Crippen molar-refractivity contribution in [2.24, 2.45) is 0 Å². The van der Waals surface area contributed by atoms with Gasteiger partial charge in [-0.15, -0.1) is 0 Å². The third kappa shape index (κ3) is 3.72. The summed E-state index contributed by atoms with van der Waals surface area (Å²) in [6, 6.07) is 11.5. The maximum absolute atomic E-state index is 12.6. The molecular weight excluding hydrogens is 326 g/mol. The zero-order chi connectivity index (χ0) is 17.7. The zero-order valence-corrected chi connectivity index (χ0v) is 14.5. The van der Waals surface area contributed by atoms with Crippen molar-refractivity contribution < 1.29 is 8.42 Å². The van der Waals surface area contributed by atoms with Gasteiger partial charge in [-0.3, -0.25) is 4.79 Å². The summed E-state index contributed by atoms with van der Waals surface area (Å²) in [7, 11) is -3.62. The van der Waals surface area contributed by atoms with Crippen LogP contribution < -0.4 is 5.56 Å². The molecule has 0 unspecified atom stereocenters. The highest BCUT2D eigenvalue weighted by Gasteiger charge is 2.22. The average Bonchev–Trinajstić information content (AvgIpc) is 2.57. The van der Waals surface area contributed by atoms with E-state index in [4.69, 9.17) is 5.26 Å². The second-order valence-electron chi connectivity index (χ2n) is 5.23. The van der Waals surface area contributed by atoms with E-state index in [2.05, 4.69) is 0 Å². The normalized spacial score (nSPS) is 11.4. The summed E-state index contributed by atoms with van der Waals surface area (Å²) in [5.41, 5.74) is 0.955. The van der Waals surface area contributed by atoms with Crippen LogP contribution in [0.5, 0.6) is 0 Å². The van der Waals surface area contributed by atoms with E-state index in [0.717, 1.165) is 5.56 Å². The summed E-state index contributed by atoms with van der Waals surface area (Å²) in [6.45, 7) is 4.47. The van der Waals surface area contributed by atoms with Crippen molar-refractivity contribution in [2.45, 2.75) is 25.3 Å². The molecule has 2 rings (SSSR count). The minimum Gasteiger partial charge on any atom is -0.310 e. The summed E-state index contributed by atoms with van der Waals surface area (Å²) in [5, 5.41) is 8.95. The molecule has 0 N–H and O–H groups in total. The Balaban J connectivity index is 2.42. The second-order valence-corrected chi connectivity index (χ2v) is 7.17. The van der Waals surface area contributed by atoms with Crippen LogP contribution in [0.2, 0.25) is 0 Å². The van der Waals surface area contributed by atoms with Crippen LogP contribution in [-0.2, 0) is 16.6 Å². The molecule has 0 radical (unpaired) electrons. The van der Waals surface area contributed by atoms with Crippen molar-refractivity contribution in [1.29, 1.82) is 5.26 Å². The van der Waals surface area contributed by atoms with E-state index in [1.165, 1.54) is 27.2 Å². The summed E-state index contributed by atoms with van der Waals surface area (Å²) in [5.74, 6) is 0. The number of hydrogen-bond acceptors (Lipinski definition) is 4. The van der Waals surface area contributed by atoms with Crippen LogP contribution in [0.1, 0.15) is 25.0 Å². The zero-order valence-electron chi connectivity index (χ0n) is 13.6. The highest BCUT2D eigenvalue weighted by atomic mass is 32.2. The highest BCUT2D eigenvalue weighted by Crippen LogP contribution is 2.14. The van der Waals surface area contributed by atoms with Crippen molar-refractivity contribution in [3.63, 3.8) is 0 Å². The van der Waals surface area contributed by atoms with E-state index in [1.807, 2.05) is 6.07 Å². The van der Waals surface area contributed by atoms with Gasteiger partial charge in [0.1, 0.15) is 0 Å². The third-order valence-corrected chi connectivity index (χ3v) is 5.74. The van der Waals surface area contributed by atoms with Gasteiger partial charge in [-0.25, -0.2) is 8.42 Å². The number of nitrogens with zero attached hydrogens (tertiary/aromatic N) is 3. The van der Waals surface area contributed by atoms with Gasteiger partial charge in [0.15, 0.2) is 0 Å². The van der Waals surface area contributed by atoms with Crippen LogP contribution in [0.25, 0.3) is 0 Å². The smallest absolute Gasteiger partial charge is 0.250 e. The van der Waals surface area contributed by atoms with E-state index in [0.29, 0.717) is 18.7 Å². The lowest BCUT2D eigenvalue weighted by molar-refractivity contribution is 0.444. The lowest BCUT2D eigenvalue weighted by Crippen LogP contribution is -2.32. The van der Waals surface area contributed by atoms with E-state index in [9.17, 15) is 13.2 Å². The van der Waals surface area contributed by atoms with Crippen molar-refractivity contribution in [3.8, 4) is 6.07 Å². The quantitative estimate of drug-likeness (QED) is 0.799. The van der Waals surface area contributed by atoms with Crippen molar-refractivity contribution in [3.05, 3.63) is 64.1 Å². The maximum Gasteiger partial charge on any atom is 0.250 e. The van der Waals surface area contributed by atoms with Crippen LogP contribution >= 0.6 is 0 Å². The first-order valence-electron chi connectivity index (χ1n) is 7.62. The Bertz CT molecular complexity index is 923. The fraction of sp³-hybridized carbons (Fsp3) is 0.294. The maximum atomic E-state index is 12.6. The van der Waals surface area contributed by atoms with Gasteiger partial charge in [-0.05, 0) is 23.8 Å².